The number of para-hydroxylation sites is 1. The third kappa shape index (κ3) is 8.15. The number of nitrogens with zero attached hydrogens (tertiary/aromatic N) is 3. The summed E-state index contributed by atoms with van der Waals surface area (Å²) < 4.78 is 6.09. The number of anilines is 1. The van der Waals surface area contributed by atoms with Crippen LogP contribution in [0.2, 0.25) is 10.0 Å². The molecule has 2 amide bonds. The molecule has 0 radical (unpaired) electrons. The number of rotatable bonds is 10. The first kappa shape index (κ1) is 31.4. The first-order valence-electron chi connectivity index (χ1n) is 14.1. The van der Waals surface area contributed by atoms with Crippen molar-refractivity contribution in [2.45, 2.75) is 13.5 Å². The van der Waals surface area contributed by atoms with Crippen molar-refractivity contribution >= 4 is 69.8 Å². The number of amides is 2. The molecule has 0 saturated carbocycles. The number of halogens is 2. The highest BCUT2D eigenvalue weighted by Gasteiger charge is 2.19. The van der Waals surface area contributed by atoms with Gasteiger partial charge in [0.25, 0.3) is 0 Å². The predicted molar refractivity (Wildman–Crippen MR) is 182 cm³/mol. The van der Waals surface area contributed by atoms with Gasteiger partial charge in [0.05, 0.1) is 17.3 Å². The van der Waals surface area contributed by atoms with Crippen molar-refractivity contribution in [1.82, 2.24) is 15.3 Å². The molecule has 2 aromatic heterocycles. The number of ether oxygens (including phenoxy) is 1. The van der Waals surface area contributed by atoms with E-state index in [1.165, 1.54) is 11.0 Å². The lowest BCUT2D eigenvalue weighted by Gasteiger charge is -2.21. The number of hydrogen-bond donors (Lipinski definition) is 1. The molecule has 0 aliphatic carbocycles. The normalized spacial score (nSPS) is 11.3. The third-order valence-electron chi connectivity index (χ3n) is 7.05. The van der Waals surface area contributed by atoms with E-state index < -0.39 is 5.91 Å². The number of aryl methyl sites for hydroxylation is 1. The molecule has 2 heterocycles. The molecule has 9 heteroatoms. The van der Waals surface area contributed by atoms with Crippen LogP contribution in [0.15, 0.2) is 97.3 Å². The highest BCUT2D eigenvalue weighted by atomic mass is 35.5. The zero-order valence-electron chi connectivity index (χ0n) is 24.7. The van der Waals surface area contributed by atoms with Gasteiger partial charge >= 0.3 is 0 Å². The van der Waals surface area contributed by atoms with Gasteiger partial charge in [-0.2, -0.15) is 0 Å². The van der Waals surface area contributed by atoms with Crippen molar-refractivity contribution in [1.29, 1.82) is 0 Å². The SMILES string of the molecule is Cc1ccc2cccc(OCc3c(Cl)ccc(N(C)C(=O)CNC(=O)C=Cc4ccc(/C=C/c5ccncc5)cc4)c3Cl)c2n1. The molecule has 5 rings (SSSR count). The Hall–Kier alpha value is -4.98. The topological polar surface area (TPSA) is 84.4 Å². The third-order valence-corrected chi connectivity index (χ3v) is 7.82. The van der Waals surface area contributed by atoms with Gasteiger partial charge in [-0.05, 0) is 66.1 Å². The minimum atomic E-state index is -0.395. The maximum absolute atomic E-state index is 13.0. The lowest BCUT2D eigenvalue weighted by molar-refractivity contribution is -0.122. The van der Waals surface area contributed by atoms with Crippen molar-refractivity contribution in [2.24, 2.45) is 0 Å². The van der Waals surface area contributed by atoms with Crippen LogP contribution in [0.3, 0.4) is 0 Å². The lowest BCUT2D eigenvalue weighted by Crippen LogP contribution is -2.37. The van der Waals surface area contributed by atoms with Crippen LogP contribution < -0.4 is 15.0 Å². The number of aromatic nitrogens is 2. The highest BCUT2D eigenvalue weighted by Crippen LogP contribution is 2.35. The molecule has 5 aromatic rings. The number of benzene rings is 3. The minimum absolute atomic E-state index is 0.0752. The summed E-state index contributed by atoms with van der Waals surface area (Å²) in [4.78, 5) is 35.4. The number of carbonyl (C=O) groups excluding carboxylic acids is 2. The quantitative estimate of drug-likeness (QED) is 0.158. The molecular formula is C36H30Cl2N4O3. The van der Waals surface area contributed by atoms with E-state index in [2.05, 4.69) is 15.3 Å². The van der Waals surface area contributed by atoms with Gasteiger partial charge in [-0.25, -0.2) is 4.98 Å². The summed E-state index contributed by atoms with van der Waals surface area (Å²) in [5, 5.41) is 4.28. The molecule has 3 aromatic carbocycles. The summed E-state index contributed by atoms with van der Waals surface area (Å²) in [5.41, 5.74) is 5.53. The second-order valence-corrected chi connectivity index (χ2v) is 11.0. The van der Waals surface area contributed by atoms with Gasteiger partial charge in [0, 0.05) is 47.2 Å². The molecule has 0 unspecified atom stereocenters. The van der Waals surface area contributed by atoms with Crippen LogP contribution in [0.5, 0.6) is 5.75 Å². The molecule has 7 nitrogen and oxygen atoms in total. The van der Waals surface area contributed by atoms with Crippen molar-refractivity contribution in [3.05, 3.63) is 135 Å². The van der Waals surface area contributed by atoms with Gasteiger partial charge in [-0.3, -0.25) is 14.6 Å². The van der Waals surface area contributed by atoms with Crippen LogP contribution in [0, 0.1) is 6.92 Å². The Balaban J connectivity index is 1.17. The molecule has 0 atom stereocenters. The van der Waals surface area contributed by atoms with E-state index in [0.29, 0.717) is 22.0 Å². The Labute approximate surface area is 271 Å². The van der Waals surface area contributed by atoms with Crippen molar-refractivity contribution in [3.8, 4) is 5.75 Å². The number of nitrogens with one attached hydrogen (secondary N) is 1. The van der Waals surface area contributed by atoms with Crippen molar-refractivity contribution < 1.29 is 14.3 Å². The summed E-state index contributed by atoms with van der Waals surface area (Å²) in [7, 11) is 1.59. The number of hydrogen-bond acceptors (Lipinski definition) is 5. The van der Waals surface area contributed by atoms with Gasteiger partial charge in [0.1, 0.15) is 17.9 Å². The van der Waals surface area contributed by atoms with Gasteiger partial charge in [-0.1, -0.05) is 77.8 Å². The maximum Gasteiger partial charge on any atom is 0.246 e. The number of likely N-dealkylation sites (N-methyl/N-ethyl adjacent to an activating group) is 1. The summed E-state index contributed by atoms with van der Waals surface area (Å²) >= 11 is 13.2. The first-order chi connectivity index (χ1) is 21.8. The average Bonchev–Trinajstić information content (AvgIpc) is 3.06. The van der Waals surface area contributed by atoms with Crippen LogP contribution >= 0.6 is 23.2 Å². The standard InChI is InChI=1S/C36H30Cl2N4O3/c1-24-6-14-28-4-3-5-32(36(28)41-24)45-23-29-30(37)15-16-31(35(29)38)42(2)34(44)22-40-33(43)17-13-26-9-7-25(8-10-26)11-12-27-18-20-39-21-19-27/h3-21H,22-23H2,1-2H3,(H,40,43)/b12-11+,17-13?. The Bertz CT molecular complexity index is 1890. The van der Waals surface area contributed by atoms with Crippen LogP contribution in [-0.4, -0.2) is 35.4 Å². The van der Waals surface area contributed by atoms with Crippen LogP contribution in [-0.2, 0) is 16.2 Å². The van der Waals surface area contributed by atoms with Gasteiger partial charge in [0.15, 0.2) is 0 Å². The van der Waals surface area contributed by atoms with E-state index in [1.807, 2.05) is 85.8 Å². The van der Waals surface area contributed by atoms with E-state index in [9.17, 15) is 9.59 Å². The number of carbonyl (C=O) groups is 2. The number of fused-ring (bicyclic) bond motifs is 1. The van der Waals surface area contributed by atoms with Gasteiger partial charge in [0.2, 0.25) is 11.8 Å². The molecule has 0 aliphatic heterocycles. The zero-order chi connectivity index (χ0) is 31.8. The number of pyridine rings is 2. The smallest absolute Gasteiger partial charge is 0.246 e. The second-order valence-electron chi connectivity index (χ2n) is 10.2. The fraction of sp³-hybridized carbons (Fsp3) is 0.111. The average molecular weight is 638 g/mol. The first-order valence-corrected chi connectivity index (χ1v) is 14.9. The molecule has 0 saturated heterocycles. The van der Waals surface area contributed by atoms with Crippen molar-refractivity contribution in [2.75, 3.05) is 18.5 Å². The predicted octanol–water partition coefficient (Wildman–Crippen LogP) is 7.79. The summed E-state index contributed by atoms with van der Waals surface area (Å²) in [6.07, 6.45) is 10.6. The van der Waals surface area contributed by atoms with E-state index in [1.54, 1.807) is 37.7 Å². The summed E-state index contributed by atoms with van der Waals surface area (Å²) in [5.74, 6) is -0.150. The minimum Gasteiger partial charge on any atom is -0.487 e. The largest absolute Gasteiger partial charge is 0.487 e. The molecule has 0 fully saturated rings. The van der Waals surface area contributed by atoms with Gasteiger partial charge in [-0.15, -0.1) is 0 Å². The monoisotopic (exact) mass is 636 g/mol. The highest BCUT2D eigenvalue weighted by molar-refractivity contribution is 6.38. The molecular weight excluding hydrogens is 607 g/mol. The fourth-order valence-electron chi connectivity index (χ4n) is 4.49. The molecule has 0 bridgehead atoms. The lowest BCUT2D eigenvalue weighted by atomic mass is 10.1. The van der Waals surface area contributed by atoms with E-state index in [-0.39, 0.29) is 24.1 Å². The van der Waals surface area contributed by atoms with E-state index in [4.69, 9.17) is 27.9 Å². The second kappa shape index (κ2) is 14.7. The Morgan fingerprint density at radius 1 is 0.867 bits per heavy atom. The summed E-state index contributed by atoms with van der Waals surface area (Å²) in [6, 6.07) is 24.6. The molecule has 0 aliphatic rings. The molecule has 45 heavy (non-hydrogen) atoms. The van der Waals surface area contributed by atoms with Gasteiger partial charge < -0.3 is 15.0 Å². The van der Waals surface area contributed by atoms with E-state index in [0.717, 1.165) is 33.3 Å². The molecule has 1 N–H and O–H groups in total. The van der Waals surface area contributed by atoms with E-state index >= 15 is 0 Å². The zero-order valence-corrected chi connectivity index (χ0v) is 26.2. The maximum atomic E-state index is 13.0. The summed E-state index contributed by atoms with van der Waals surface area (Å²) in [6.45, 7) is 1.78. The molecule has 226 valence electrons. The fourth-order valence-corrected chi connectivity index (χ4v) is 5.10. The molecule has 0 spiro atoms. The van der Waals surface area contributed by atoms with Crippen molar-refractivity contribution in [3.63, 3.8) is 0 Å². The van der Waals surface area contributed by atoms with Crippen LogP contribution in [0.25, 0.3) is 29.1 Å². The Kier molecular flexibility index (Phi) is 10.2. The Morgan fingerprint density at radius 3 is 2.29 bits per heavy atom. The Morgan fingerprint density at radius 2 is 1.56 bits per heavy atom. The van der Waals surface area contributed by atoms with Crippen LogP contribution in [0.1, 0.15) is 27.9 Å². The van der Waals surface area contributed by atoms with Crippen LogP contribution in [0.4, 0.5) is 5.69 Å².